The molecule has 6 atom stereocenters. The fourth-order valence-electron chi connectivity index (χ4n) is 5.11. The maximum Gasteiger partial charge on any atom is 0.395 e. The maximum atomic E-state index is 13.1. The van der Waals surface area contributed by atoms with Gasteiger partial charge in [0, 0.05) is 10.3 Å². The van der Waals surface area contributed by atoms with Crippen molar-refractivity contribution >= 4 is 41.9 Å². The number of aliphatic hydroxyl groups is 2. The fourth-order valence-corrected chi connectivity index (χ4v) is 5.88. The molecule has 3 aromatic carbocycles. The molecule has 1 fully saturated rings. The Labute approximate surface area is 272 Å². The van der Waals surface area contributed by atoms with Gasteiger partial charge in [0.25, 0.3) is 0 Å². The van der Waals surface area contributed by atoms with Crippen molar-refractivity contribution in [2.24, 2.45) is 9.86 Å². The first-order valence-electron chi connectivity index (χ1n) is 14.4. The number of carbonyl (C=O) groups excluding carboxylic acids is 1. The Morgan fingerprint density at radius 1 is 1.17 bits per heavy atom. The van der Waals surface area contributed by atoms with Crippen LogP contribution in [0.3, 0.4) is 0 Å². The van der Waals surface area contributed by atoms with Crippen LogP contribution in [0.1, 0.15) is 18.7 Å². The number of carbonyl (C=O) groups is 1. The van der Waals surface area contributed by atoms with Gasteiger partial charge in [0.15, 0.2) is 29.5 Å². The number of aliphatic hydroxyl groups excluding tert-OH is 2. The molecule has 0 spiro atoms. The van der Waals surface area contributed by atoms with E-state index in [1.165, 1.54) is 30.2 Å². The van der Waals surface area contributed by atoms with E-state index in [1.54, 1.807) is 42.5 Å². The lowest BCUT2D eigenvalue weighted by Gasteiger charge is -2.27. The minimum atomic E-state index is -2.83. The molecule has 17 nitrogen and oxygen atoms in total. The molecule has 4 N–H and O–H groups in total. The summed E-state index contributed by atoms with van der Waals surface area (Å²) in [5.41, 5.74) is 14.4. The fraction of sp³-hybridized carbons (Fsp3) is 0.267. The highest BCUT2D eigenvalue weighted by atomic mass is 31.1. The first-order valence-corrected chi connectivity index (χ1v) is 15.6. The Morgan fingerprint density at radius 3 is 2.73 bits per heavy atom. The van der Waals surface area contributed by atoms with Gasteiger partial charge in [-0.15, -0.1) is 0 Å². The SMILES string of the molecule is CC(N=[P+]([O-])Oc1c(OCC2(N=[N+]=[N-])OC(n3cnc4c(N)ncnc43)C(O)C2O)ccc2ccccc12)C(=O)OCc1ccccc1. The van der Waals surface area contributed by atoms with Gasteiger partial charge in [-0.25, -0.2) is 19.7 Å². The lowest BCUT2D eigenvalue weighted by atomic mass is 10.1. The third-order valence-corrected chi connectivity index (χ3v) is 8.43. The molecule has 5 aromatic rings. The molecule has 246 valence electrons. The summed E-state index contributed by atoms with van der Waals surface area (Å²) in [7, 11) is -2.83. The molecule has 1 saturated heterocycles. The van der Waals surface area contributed by atoms with Crippen LogP contribution in [0.15, 0.2) is 89.2 Å². The van der Waals surface area contributed by atoms with E-state index in [9.17, 15) is 25.4 Å². The van der Waals surface area contributed by atoms with Gasteiger partial charge in [0.05, 0.1) is 6.33 Å². The summed E-state index contributed by atoms with van der Waals surface area (Å²) in [5.74, 6) is -0.599. The van der Waals surface area contributed by atoms with Crippen molar-refractivity contribution in [3.05, 3.63) is 95.4 Å². The molecule has 0 amide bonds. The minimum Gasteiger partial charge on any atom is -0.575 e. The molecule has 18 heteroatoms. The van der Waals surface area contributed by atoms with Gasteiger partial charge in [-0.3, -0.25) is 9.09 Å². The molecule has 0 bridgehead atoms. The molecule has 2 aromatic heterocycles. The molecule has 0 saturated carbocycles. The number of nitrogens with two attached hydrogens (primary N) is 1. The Morgan fingerprint density at radius 2 is 1.94 bits per heavy atom. The van der Waals surface area contributed by atoms with Crippen LogP contribution in [0.4, 0.5) is 5.82 Å². The van der Waals surface area contributed by atoms with E-state index in [0.29, 0.717) is 10.8 Å². The molecule has 0 radical (unpaired) electrons. The number of rotatable bonds is 11. The smallest absolute Gasteiger partial charge is 0.395 e. The van der Waals surface area contributed by atoms with Crippen LogP contribution in [0.25, 0.3) is 32.4 Å². The number of azide groups is 1. The van der Waals surface area contributed by atoms with Crippen LogP contribution in [-0.2, 0) is 20.9 Å². The van der Waals surface area contributed by atoms with Crippen molar-refractivity contribution in [3.63, 3.8) is 0 Å². The van der Waals surface area contributed by atoms with E-state index in [0.717, 1.165) is 5.56 Å². The largest absolute Gasteiger partial charge is 0.575 e. The number of hydrogen-bond acceptors (Lipinski definition) is 14. The number of ether oxygens (including phenoxy) is 3. The Bertz CT molecular complexity index is 2040. The highest BCUT2D eigenvalue weighted by molar-refractivity contribution is 7.34. The van der Waals surface area contributed by atoms with Gasteiger partial charge in [-0.2, -0.15) is 0 Å². The summed E-state index contributed by atoms with van der Waals surface area (Å²) in [6, 6.07) is 18.2. The number of anilines is 1. The average Bonchev–Trinajstić information content (AvgIpc) is 3.63. The summed E-state index contributed by atoms with van der Waals surface area (Å²) in [5, 5.41) is 27.0. The number of benzene rings is 3. The predicted octanol–water partition coefficient (Wildman–Crippen LogP) is 3.26. The summed E-state index contributed by atoms with van der Waals surface area (Å²) in [6.45, 7) is 0.826. The molecule has 3 heterocycles. The van der Waals surface area contributed by atoms with Crippen LogP contribution >= 0.6 is 8.17 Å². The zero-order valence-electron chi connectivity index (χ0n) is 25.2. The second-order valence-corrected chi connectivity index (χ2v) is 11.6. The number of hydrogen-bond donors (Lipinski definition) is 3. The molecule has 6 unspecified atom stereocenters. The monoisotopic (exact) mass is 673 g/mol. The third-order valence-electron chi connectivity index (χ3n) is 7.56. The number of nitrogen functional groups attached to an aromatic ring is 1. The topological polar surface area (TPSA) is 248 Å². The Kier molecular flexibility index (Phi) is 9.32. The minimum absolute atomic E-state index is 0.00346. The summed E-state index contributed by atoms with van der Waals surface area (Å²) in [6.07, 6.45) is -2.25. The molecule has 1 aliphatic rings. The van der Waals surface area contributed by atoms with Crippen molar-refractivity contribution in [1.29, 1.82) is 0 Å². The van der Waals surface area contributed by atoms with E-state index in [1.807, 2.05) is 18.2 Å². The predicted molar refractivity (Wildman–Crippen MR) is 169 cm³/mol. The van der Waals surface area contributed by atoms with E-state index in [4.69, 9.17) is 24.5 Å². The van der Waals surface area contributed by atoms with E-state index >= 15 is 0 Å². The van der Waals surface area contributed by atoms with E-state index in [2.05, 4.69) is 29.7 Å². The van der Waals surface area contributed by atoms with E-state index in [-0.39, 0.29) is 35.1 Å². The van der Waals surface area contributed by atoms with E-state index < -0.39 is 50.9 Å². The quantitative estimate of drug-likeness (QED) is 0.0601. The second-order valence-electron chi connectivity index (χ2n) is 10.7. The van der Waals surface area contributed by atoms with Gasteiger partial charge < -0.3 is 35.1 Å². The summed E-state index contributed by atoms with van der Waals surface area (Å²) in [4.78, 5) is 40.7. The van der Waals surface area contributed by atoms with Gasteiger partial charge in [0.1, 0.15) is 37.3 Å². The molecule has 1 aliphatic heterocycles. The van der Waals surface area contributed by atoms with Crippen LogP contribution < -0.4 is 19.9 Å². The van der Waals surface area contributed by atoms with Crippen molar-refractivity contribution in [2.45, 2.75) is 43.7 Å². The Balaban J connectivity index is 1.24. The second kappa shape index (κ2) is 13.8. The standard InChI is InChI=1S/C30H28N9O8P/c1-17(29(42)44-13-18-7-3-2-4-8-18)36-48(43)47-24-20-10-6-5-9-19(20)11-12-21(24)45-14-30(37-38-32)25(41)23(40)28(46-30)39-16-35-22-26(31)33-15-34-27(22)39/h2-12,15-17,23,25,28,40-41H,13-14H2,1H3,(H2,31,33,34). The van der Waals surface area contributed by atoms with Crippen molar-refractivity contribution in [2.75, 3.05) is 12.3 Å². The molecule has 48 heavy (non-hydrogen) atoms. The normalized spacial score (nSPS) is 21.5. The number of aromatic nitrogens is 4. The zero-order chi connectivity index (χ0) is 33.8. The average molecular weight is 674 g/mol. The zero-order valence-corrected chi connectivity index (χ0v) is 26.1. The molecule has 0 aliphatic carbocycles. The third kappa shape index (κ3) is 6.41. The molecular formula is C30H28N9O8P. The molecule has 6 rings (SSSR count). The maximum absolute atomic E-state index is 13.1. The summed E-state index contributed by atoms with van der Waals surface area (Å²) >= 11 is 0. The van der Waals surface area contributed by atoms with Crippen LogP contribution in [0.2, 0.25) is 0 Å². The number of imidazole rings is 1. The highest BCUT2D eigenvalue weighted by Gasteiger charge is 2.56. The van der Waals surface area contributed by atoms with Crippen molar-refractivity contribution in [1.82, 2.24) is 19.5 Å². The van der Waals surface area contributed by atoms with Crippen LogP contribution in [0, 0.1) is 0 Å². The summed E-state index contributed by atoms with van der Waals surface area (Å²) < 4.78 is 28.3. The Hall–Kier alpha value is -5.41. The number of nitrogens with zero attached hydrogens (tertiary/aromatic N) is 8. The first kappa shape index (κ1) is 32.5. The van der Waals surface area contributed by atoms with Gasteiger partial charge in [0.2, 0.25) is 11.5 Å². The lowest BCUT2D eigenvalue weighted by Crippen LogP contribution is -2.46. The molecular weight excluding hydrogens is 645 g/mol. The van der Waals surface area contributed by atoms with Gasteiger partial charge in [-0.05, 0) is 29.5 Å². The van der Waals surface area contributed by atoms with Gasteiger partial charge in [-0.1, -0.05) is 70.5 Å². The van der Waals surface area contributed by atoms with Crippen molar-refractivity contribution in [3.8, 4) is 11.5 Å². The highest BCUT2D eigenvalue weighted by Crippen LogP contribution is 2.43. The van der Waals surface area contributed by atoms with Crippen molar-refractivity contribution < 1.29 is 38.6 Å². The lowest BCUT2D eigenvalue weighted by molar-refractivity contribution is -0.169. The number of esters is 1. The number of fused-ring (bicyclic) bond motifs is 2. The van der Waals surface area contributed by atoms with Crippen LogP contribution in [0.5, 0.6) is 11.5 Å². The van der Waals surface area contributed by atoms with Crippen LogP contribution in [-0.4, -0.2) is 66.3 Å². The van der Waals surface area contributed by atoms with Gasteiger partial charge >= 0.3 is 14.1 Å². The first-order chi connectivity index (χ1) is 23.2.